The van der Waals surface area contributed by atoms with Crippen LogP contribution in [0.25, 0.3) is 0 Å². The van der Waals surface area contributed by atoms with E-state index in [0.717, 1.165) is 34.0 Å². The van der Waals surface area contributed by atoms with Crippen LogP contribution in [0.15, 0.2) is 84.0 Å². The number of benzene rings is 3. The predicted octanol–water partition coefficient (Wildman–Crippen LogP) is 5.58. The molecule has 0 aliphatic carbocycles. The number of hydrazone groups is 1. The highest BCUT2D eigenvalue weighted by Gasteiger charge is 2.40. The average molecular weight is 361 g/mol. The second-order valence-corrected chi connectivity index (χ2v) is 7.01. The maximum Gasteiger partial charge on any atom is 0.213 e. The van der Waals surface area contributed by atoms with Crippen molar-refractivity contribution in [1.29, 1.82) is 0 Å². The van der Waals surface area contributed by atoms with E-state index in [4.69, 9.17) is 21.4 Å². The number of fused-ring (bicyclic) bond motifs is 3. The quantitative estimate of drug-likeness (QED) is 0.595. The van der Waals surface area contributed by atoms with Gasteiger partial charge in [-0.2, -0.15) is 5.10 Å². The Balaban J connectivity index is 1.59. The van der Waals surface area contributed by atoms with Crippen molar-refractivity contribution in [2.24, 2.45) is 5.10 Å². The van der Waals surface area contributed by atoms with Crippen molar-refractivity contribution < 1.29 is 4.74 Å². The Labute approximate surface area is 157 Å². The van der Waals surface area contributed by atoms with E-state index in [2.05, 4.69) is 29.3 Å². The van der Waals surface area contributed by atoms with Gasteiger partial charge < -0.3 is 4.74 Å². The second-order valence-electron chi connectivity index (χ2n) is 6.57. The molecule has 0 N–H and O–H groups in total. The smallest absolute Gasteiger partial charge is 0.213 e. The van der Waals surface area contributed by atoms with E-state index in [-0.39, 0.29) is 12.3 Å². The number of hydrogen-bond donors (Lipinski definition) is 0. The van der Waals surface area contributed by atoms with Crippen LogP contribution in [0.4, 0.5) is 0 Å². The third-order valence-electron chi connectivity index (χ3n) is 4.96. The monoisotopic (exact) mass is 360 g/mol. The minimum absolute atomic E-state index is 0.177. The van der Waals surface area contributed by atoms with Gasteiger partial charge >= 0.3 is 0 Å². The zero-order valence-corrected chi connectivity index (χ0v) is 14.8. The fraction of sp³-hybridized carbons (Fsp3) is 0.136. The van der Waals surface area contributed by atoms with Crippen LogP contribution < -0.4 is 4.74 Å². The molecule has 0 saturated carbocycles. The molecule has 26 heavy (non-hydrogen) atoms. The lowest BCUT2D eigenvalue weighted by Crippen LogP contribution is -2.33. The molecule has 0 unspecified atom stereocenters. The first-order valence-corrected chi connectivity index (χ1v) is 9.10. The first-order valence-electron chi connectivity index (χ1n) is 8.72. The second kappa shape index (κ2) is 6.19. The van der Waals surface area contributed by atoms with E-state index in [1.807, 2.05) is 54.6 Å². The molecule has 128 valence electrons. The van der Waals surface area contributed by atoms with Gasteiger partial charge in [0.1, 0.15) is 5.75 Å². The van der Waals surface area contributed by atoms with Crippen molar-refractivity contribution in [3.05, 3.63) is 101 Å². The minimum Gasteiger partial charge on any atom is -0.464 e. The van der Waals surface area contributed by atoms with Crippen LogP contribution in [-0.4, -0.2) is 10.7 Å². The SMILES string of the molecule is Clc1ccc(C2=NN3[C@@H](C2)c2ccccc2O[C@H]3c2ccccc2)cc1. The van der Waals surface area contributed by atoms with Crippen LogP contribution in [0, 0.1) is 0 Å². The van der Waals surface area contributed by atoms with E-state index < -0.39 is 0 Å². The first kappa shape index (κ1) is 15.5. The Morgan fingerprint density at radius 3 is 2.42 bits per heavy atom. The molecule has 0 aromatic heterocycles. The van der Waals surface area contributed by atoms with Crippen LogP contribution in [0.2, 0.25) is 5.02 Å². The molecule has 0 bridgehead atoms. The largest absolute Gasteiger partial charge is 0.464 e. The predicted molar refractivity (Wildman–Crippen MR) is 103 cm³/mol. The van der Waals surface area contributed by atoms with Crippen molar-refractivity contribution in [2.45, 2.75) is 18.7 Å². The van der Waals surface area contributed by atoms with E-state index in [1.54, 1.807) is 0 Å². The van der Waals surface area contributed by atoms with Crippen molar-refractivity contribution in [3.63, 3.8) is 0 Å². The molecule has 5 rings (SSSR count). The molecule has 0 radical (unpaired) electrons. The summed E-state index contributed by atoms with van der Waals surface area (Å²) in [6.45, 7) is 0. The summed E-state index contributed by atoms with van der Waals surface area (Å²) in [7, 11) is 0. The summed E-state index contributed by atoms with van der Waals surface area (Å²) in [4.78, 5) is 0. The highest BCUT2D eigenvalue weighted by molar-refractivity contribution is 6.30. The third kappa shape index (κ3) is 2.56. The van der Waals surface area contributed by atoms with Gasteiger partial charge in [0.15, 0.2) is 0 Å². The molecule has 2 heterocycles. The summed E-state index contributed by atoms with van der Waals surface area (Å²) >= 11 is 6.04. The van der Waals surface area contributed by atoms with Crippen LogP contribution in [-0.2, 0) is 0 Å². The Morgan fingerprint density at radius 2 is 1.62 bits per heavy atom. The summed E-state index contributed by atoms with van der Waals surface area (Å²) < 4.78 is 6.33. The van der Waals surface area contributed by atoms with Crippen molar-refractivity contribution in [2.75, 3.05) is 0 Å². The Hall–Kier alpha value is -2.78. The lowest BCUT2D eigenvalue weighted by atomic mass is 9.96. The molecule has 3 aromatic rings. The summed E-state index contributed by atoms with van der Waals surface area (Å²) in [5, 5.41) is 7.78. The summed E-state index contributed by atoms with van der Waals surface area (Å²) in [6.07, 6.45) is 0.631. The highest BCUT2D eigenvalue weighted by Crippen LogP contribution is 2.47. The molecule has 0 amide bonds. The van der Waals surface area contributed by atoms with E-state index in [0.29, 0.717) is 0 Å². The topological polar surface area (TPSA) is 24.8 Å². The van der Waals surface area contributed by atoms with E-state index >= 15 is 0 Å². The molecule has 2 aliphatic heterocycles. The molecule has 0 spiro atoms. The van der Waals surface area contributed by atoms with Crippen LogP contribution in [0.1, 0.15) is 35.4 Å². The lowest BCUT2D eigenvalue weighted by Gasteiger charge is -2.38. The molecular weight excluding hydrogens is 344 g/mol. The molecule has 4 heteroatoms. The van der Waals surface area contributed by atoms with Crippen molar-refractivity contribution in [3.8, 4) is 5.75 Å². The van der Waals surface area contributed by atoms with Gasteiger partial charge in [0.05, 0.1) is 11.8 Å². The fourth-order valence-electron chi connectivity index (χ4n) is 3.69. The molecular formula is C22H17ClN2O. The lowest BCUT2D eigenvalue weighted by molar-refractivity contribution is -0.0190. The average Bonchev–Trinajstić information content (AvgIpc) is 3.14. The standard InChI is InChI=1S/C22H17ClN2O/c23-17-12-10-15(11-13-17)19-14-20-18-8-4-5-9-21(18)26-22(25(20)24-19)16-6-2-1-3-7-16/h1-13,20,22H,14H2/t20-,22-/m0/s1. The Bertz CT molecular complexity index is 969. The van der Waals surface area contributed by atoms with Crippen LogP contribution in [0.5, 0.6) is 5.75 Å². The Kier molecular flexibility index (Phi) is 3.68. The van der Waals surface area contributed by atoms with Gasteiger partial charge in [0.2, 0.25) is 6.23 Å². The fourth-order valence-corrected chi connectivity index (χ4v) is 3.81. The van der Waals surface area contributed by atoms with Gasteiger partial charge in [0, 0.05) is 22.6 Å². The zero-order chi connectivity index (χ0) is 17.5. The zero-order valence-electron chi connectivity index (χ0n) is 14.0. The minimum atomic E-state index is -0.221. The maximum absolute atomic E-state index is 6.33. The molecule has 0 fully saturated rings. The van der Waals surface area contributed by atoms with Gasteiger partial charge in [-0.1, -0.05) is 72.3 Å². The van der Waals surface area contributed by atoms with Crippen molar-refractivity contribution >= 4 is 17.3 Å². The number of para-hydroxylation sites is 1. The summed E-state index contributed by atoms with van der Waals surface area (Å²) in [6, 6.07) is 26.6. The van der Waals surface area contributed by atoms with Gasteiger partial charge in [-0.25, -0.2) is 5.01 Å². The Morgan fingerprint density at radius 1 is 0.885 bits per heavy atom. The molecule has 2 aliphatic rings. The number of nitrogens with zero attached hydrogens (tertiary/aromatic N) is 2. The normalized spacial score (nSPS) is 20.8. The molecule has 0 saturated heterocycles. The van der Waals surface area contributed by atoms with E-state index in [1.165, 1.54) is 5.56 Å². The number of halogens is 1. The number of rotatable bonds is 2. The first-order chi connectivity index (χ1) is 12.8. The van der Waals surface area contributed by atoms with Gasteiger partial charge in [-0.05, 0) is 23.8 Å². The summed E-state index contributed by atoms with van der Waals surface area (Å²) in [5.74, 6) is 0.940. The van der Waals surface area contributed by atoms with Crippen LogP contribution in [0.3, 0.4) is 0 Å². The third-order valence-corrected chi connectivity index (χ3v) is 5.21. The van der Waals surface area contributed by atoms with Crippen molar-refractivity contribution in [1.82, 2.24) is 5.01 Å². The van der Waals surface area contributed by atoms with Crippen LogP contribution >= 0.6 is 11.6 Å². The summed E-state index contributed by atoms with van der Waals surface area (Å²) in [5.41, 5.74) is 4.46. The molecule has 3 aromatic carbocycles. The maximum atomic E-state index is 6.33. The molecule has 3 nitrogen and oxygen atoms in total. The number of ether oxygens (including phenoxy) is 1. The molecule has 2 atom stereocenters. The van der Waals surface area contributed by atoms with Gasteiger partial charge in [-0.3, -0.25) is 0 Å². The number of hydrogen-bond acceptors (Lipinski definition) is 3. The van der Waals surface area contributed by atoms with E-state index in [9.17, 15) is 0 Å². The van der Waals surface area contributed by atoms with Gasteiger partial charge in [-0.15, -0.1) is 0 Å². The highest BCUT2D eigenvalue weighted by atomic mass is 35.5. The van der Waals surface area contributed by atoms with Gasteiger partial charge in [0.25, 0.3) is 0 Å².